The van der Waals surface area contributed by atoms with Crippen LogP contribution in [0.4, 0.5) is 14.5 Å². The number of hydrogen-bond acceptors (Lipinski definition) is 3. The summed E-state index contributed by atoms with van der Waals surface area (Å²) in [5.74, 6) is -2.92. The Hall–Kier alpha value is -2.02. The van der Waals surface area contributed by atoms with Crippen LogP contribution in [-0.4, -0.2) is 17.9 Å². The molecule has 7 heteroatoms. The van der Waals surface area contributed by atoms with E-state index in [0.29, 0.717) is 0 Å². The molecule has 0 radical (unpaired) electrons. The van der Waals surface area contributed by atoms with E-state index in [4.69, 9.17) is 4.84 Å². The van der Waals surface area contributed by atoms with Crippen LogP contribution in [0, 0.1) is 17.6 Å². The van der Waals surface area contributed by atoms with Crippen molar-refractivity contribution >= 4 is 17.5 Å². The zero-order valence-corrected chi connectivity index (χ0v) is 12.2. The zero-order chi connectivity index (χ0) is 16.1. The minimum Gasteiger partial charge on any atom is -0.324 e. The van der Waals surface area contributed by atoms with Gasteiger partial charge in [0, 0.05) is 17.7 Å². The van der Waals surface area contributed by atoms with Crippen LogP contribution in [0.5, 0.6) is 0 Å². The molecule has 0 saturated heterocycles. The number of benzene rings is 1. The molecule has 1 saturated carbocycles. The van der Waals surface area contributed by atoms with Crippen molar-refractivity contribution in [3.8, 4) is 0 Å². The second-order valence-electron chi connectivity index (χ2n) is 5.33. The average molecular weight is 312 g/mol. The molecule has 120 valence electrons. The van der Waals surface area contributed by atoms with E-state index >= 15 is 0 Å². The molecule has 1 atom stereocenters. The van der Waals surface area contributed by atoms with Crippen molar-refractivity contribution in [3.05, 3.63) is 29.8 Å². The highest BCUT2D eigenvalue weighted by Crippen LogP contribution is 2.24. The molecule has 1 fully saturated rings. The number of rotatable bonds is 5. The van der Waals surface area contributed by atoms with Gasteiger partial charge in [-0.1, -0.05) is 12.8 Å². The lowest BCUT2D eigenvalue weighted by atomic mass is 10.1. The normalized spacial score (nSPS) is 16.3. The predicted molar refractivity (Wildman–Crippen MR) is 75.6 cm³/mol. The Morgan fingerprint density at radius 3 is 2.55 bits per heavy atom. The van der Waals surface area contributed by atoms with E-state index < -0.39 is 23.6 Å². The quantitative estimate of drug-likeness (QED) is 0.821. The molecule has 0 spiro atoms. The Morgan fingerprint density at radius 2 is 1.91 bits per heavy atom. The summed E-state index contributed by atoms with van der Waals surface area (Å²) in [5, 5.41) is 2.38. The SMILES string of the molecule is CC(ONC(=O)C1CCCC1)C(=O)Nc1ccc(F)c(F)c1. The van der Waals surface area contributed by atoms with Crippen LogP contribution in [0.2, 0.25) is 0 Å². The largest absolute Gasteiger partial charge is 0.324 e. The summed E-state index contributed by atoms with van der Waals surface area (Å²) >= 11 is 0. The van der Waals surface area contributed by atoms with E-state index in [1.165, 1.54) is 13.0 Å². The predicted octanol–water partition coefficient (Wildman–Crippen LogP) is 2.53. The van der Waals surface area contributed by atoms with Crippen LogP contribution >= 0.6 is 0 Å². The number of anilines is 1. The van der Waals surface area contributed by atoms with E-state index in [-0.39, 0.29) is 17.5 Å². The zero-order valence-electron chi connectivity index (χ0n) is 12.2. The maximum Gasteiger partial charge on any atom is 0.255 e. The fourth-order valence-electron chi connectivity index (χ4n) is 2.29. The number of amides is 2. The lowest BCUT2D eigenvalue weighted by Crippen LogP contribution is -2.37. The molecule has 2 amide bonds. The Kier molecular flexibility index (Phi) is 5.43. The van der Waals surface area contributed by atoms with Crippen molar-refractivity contribution in [2.75, 3.05) is 5.32 Å². The smallest absolute Gasteiger partial charge is 0.255 e. The summed E-state index contributed by atoms with van der Waals surface area (Å²) in [7, 11) is 0. The highest BCUT2D eigenvalue weighted by atomic mass is 19.2. The molecule has 0 heterocycles. The third-order valence-electron chi connectivity index (χ3n) is 3.62. The lowest BCUT2D eigenvalue weighted by Gasteiger charge is -2.15. The molecule has 1 aromatic carbocycles. The van der Waals surface area contributed by atoms with Gasteiger partial charge in [0.15, 0.2) is 17.7 Å². The molecule has 2 rings (SSSR count). The molecular formula is C15H18F2N2O3. The Labute approximate surface area is 127 Å². The maximum absolute atomic E-state index is 13.0. The lowest BCUT2D eigenvalue weighted by molar-refractivity contribution is -0.147. The molecule has 1 aromatic rings. The molecule has 0 aromatic heterocycles. The van der Waals surface area contributed by atoms with Crippen LogP contribution in [0.3, 0.4) is 0 Å². The fraction of sp³-hybridized carbons (Fsp3) is 0.467. The summed E-state index contributed by atoms with van der Waals surface area (Å²) in [6.07, 6.45) is 2.72. The van der Waals surface area contributed by atoms with Crippen LogP contribution in [0.25, 0.3) is 0 Å². The Morgan fingerprint density at radius 1 is 1.23 bits per heavy atom. The van der Waals surface area contributed by atoms with Gasteiger partial charge in [-0.05, 0) is 31.9 Å². The standard InChI is InChI=1S/C15H18F2N2O3/c1-9(22-19-15(21)10-4-2-3-5-10)14(20)18-11-6-7-12(16)13(17)8-11/h6-10H,2-5H2,1H3,(H,18,20)(H,19,21). The molecule has 0 bridgehead atoms. The Balaban J connectivity index is 1.81. The van der Waals surface area contributed by atoms with Gasteiger partial charge in [0.25, 0.3) is 5.91 Å². The average Bonchev–Trinajstić information content (AvgIpc) is 3.02. The van der Waals surface area contributed by atoms with Gasteiger partial charge >= 0.3 is 0 Å². The Bertz CT molecular complexity index is 560. The summed E-state index contributed by atoms with van der Waals surface area (Å²) < 4.78 is 25.8. The van der Waals surface area contributed by atoms with Gasteiger partial charge in [0.2, 0.25) is 5.91 Å². The highest BCUT2D eigenvalue weighted by molar-refractivity contribution is 5.94. The van der Waals surface area contributed by atoms with Crippen LogP contribution in [-0.2, 0) is 14.4 Å². The molecular weight excluding hydrogens is 294 g/mol. The first-order valence-corrected chi connectivity index (χ1v) is 7.19. The van der Waals surface area contributed by atoms with Gasteiger partial charge < -0.3 is 5.32 Å². The third-order valence-corrected chi connectivity index (χ3v) is 3.62. The molecule has 2 N–H and O–H groups in total. The first kappa shape index (κ1) is 16.4. The molecule has 1 aliphatic rings. The summed E-state index contributed by atoms with van der Waals surface area (Å²) in [6.45, 7) is 1.45. The minimum atomic E-state index is -1.05. The van der Waals surface area contributed by atoms with E-state index in [1.807, 2.05) is 0 Å². The van der Waals surface area contributed by atoms with E-state index in [1.54, 1.807) is 0 Å². The molecule has 5 nitrogen and oxygen atoms in total. The fourth-order valence-corrected chi connectivity index (χ4v) is 2.29. The van der Waals surface area contributed by atoms with Crippen molar-refractivity contribution in [3.63, 3.8) is 0 Å². The van der Waals surface area contributed by atoms with Gasteiger partial charge in [-0.3, -0.25) is 14.4 Å². The van der Waals surface area contributed by atoms with Gasteiger partial charge in [-0.2, -0.15) is 0 Å². The van der Waals surface area contributed by atoms with Crippen molar-refractivity contribution in [1.82, 2.24) is 5.48 Å². The second kappa shape index (κ2) is 7.31. The molecule has 1 unspecified atom stereocenters. The second-order valence-corrected chi connectivity index (χ2v) is 5.33. The van der Waals surface area contributed by atoms with Crippen molar-refractivity contribution in [2.45, 2.75) is 38.7 Å². The van der Waals surface area contributed by atoms with E-state index in [9.17, 15) is 18.4 Å². The van der Waals surface area contributed by atoms with Crippen LogP contribution < -0.4 is 10.8 Å². The van der Waals surface area contributed by atoms with E-state index in [0.717, 1.165) is 37.8 Å². The first-order valence-electron chi connectivity index (χ1n) is 7.19. The highest BCUT2D eigenvalue weighted by Gasteiger charge is 2.24. The molecule has 1 aliphatic carbocycles. The monoisotopic (exact) mass is 312 g/mol. The summed E-state index contributed by atoms with van der Waals surface area (Å²) in [6, 6.07) is 3.02. The van der Waals surface area contributed by atoms with Gasteiger partial charge in [0.1, 0.15) is 0 Å². The number of hydrogen-bond donors (Lipinski definition) is 2. The van der Waals surface area contributed by atoms with E-state index in [2.05, 4.69) is 10.8 Å². The number of halogens is 2. The molecule has 22 heavy (non-hydrogen) atoms. The van der Waals surface area contributed by atoms with Crippen molar-refractivity contribution in [2.24, 2.45) is 5.92 Å². The maximum atomic E-state index is 13.0. The topological polar surface area (TPSA) is 67.4 Å². The number of carbonyl (C=O) groups is 2. The third kappa shape index (κ3) is 4.24. The first-order chi connectivity index (χ1) is 10.5. The van der Waals surface area contributed by atoms with Crippen molar-refractivity contribution < 1.29 is 23.2 Å². The van der Waals surface area contributed by atoms with Gasteiger partial charge in [-0.25, -0.2) is 14.3 Å². The number of nitrogens with one attached hydrogen (secondary N) is 2. The van der Waals surface area contributed by atoms with Crippen molar-refractivity contribution in [1.29, 1.82) is 0 Å². The minimum absolute atomic E-state index is 0.0681. The number of hydroxylamine groups is 1. The summed E-state index contributed by atoms with van der Waals surface area (Å²) in [4.78, 5) is 28.6. The molecule has 0 aliphatic heterocycles. The number of carbonyl (C=O) groups excluding carboxylic acids is 2. The van der Waals surface area contributed by atoms with Gasteiger partial charge in [0.05, 0.1) is 0 Å². The summed E-state index contributed by atoms with van der Waals surface area (Å²) in [5.41, 5.74) is 2.39. The van der Waals surface area contributed by atoms with Crippen LogP contribution in [0.15, 0.2) is 18.2 Å². The van der Waals surface area contributed by atoms with Crippen LogP contribution in [0.1, 0.15) is 32.6 Å². The van der Waals surface area contributed by atoms with Gasteiger partial charge in [-0.15, -0.1) is 0 Å².